The van der Waals surface area contributed by atoms with Gasteiger partial charge in [0.05, 0.1) is 0 Å². The van der Waals surface area contributed by atoms with E-state index in [1.807, 2.05) is 0 Å². The van der Waals surface area contributed by atoms with Gasteiger partial charge in [0, 0.05) is 0 Å². The first-order chi connectivity index (χ1) is 8.66. The van der Waals surface area contributed by atoms with E-state index in [1.54, 1.807) is 0 Å². The summed E-state index contributed by atoms with van der Waals surface area (Å²) >= 11 is 0. The van der Waals surface area contributed by atoms with Gasteiger partial charge in [-0.15, -0.1) is 0 Å². The van der Waals surface area contributed by atoms with Crippen LogP contribution in [0.1, 0.15) is 0 Å². The Morgan fingerprint density at radius 1 is 0.133 bits per heavy atom. The van der Waals surface area contributed by atoms with E-state index in [0.29, 0.717) is 0 Å². The van der Waals surface area contributed by atoms with E-state index in [0.717, 1.165) is 0 Å². The standard InChI is InChI=1S/5BO3.15Na.10H2O/c5*2-1(3)4;;;;;;;;;;;;;;;;;;;;;;;;;/h;;;;;;;;;;;;;;;;;;;;10*1H2/q5*-3;15*+1;;;;;;;;;;. The van der Waals surface area contributed by atoms with Crippen LogP contribution in [-0.2, 0) is 0 Å². The van der Waals surface area contributed by atoms with Crippen molar-refractivity contribution in [2.24, 2.45) is 0 Å². The van der Waals surface area contributed by atoms with Crippen molar-refractivity contribution in [2.45, 2.75) is 0 Å². The molecule has 25 nitrogen and oxygen atoms in total. The molecule has 0 aliphatic carbocycles. The van der Waals surface area contributed by atoms with E-state index in [4.69, 9.17) is 75.4 Å². The van der Waals surface area contributed by atoms with Crippen molar-refractivity contribution in [2.75, 3.05) is 0 Å². The maximum Gasteiger partial charge on any atom is 1.00 e. The van der Waals surface area contributed by atoms with Crippen molar-refractivity contribution in [3.63, 3.8) is 0 Å². The summed E-state index contributed by atoms with van der Waals surface area (Å²) in [6.07, 6.45) is 0. The fourth-order valence-electron chi connectivity index (χ4n) is 0. The van der Waals surface area contributed by atoms with Gasteiger partial charge in [0.15, 0.2) is 0 Å². The molecule has 20 N–H and O–H groups in total. The Morgan fingerprint density at radius 2 is 0.133 bits per heavy atom. The van der Waals surface area contributed by atoms with Gasteiger partial charge in [0.1, 0.15) is 0 Å². The van der Waals surface area contributed by atoms with Crippen molar-refractivity contribution in [3.8, 4) is 0 Å². The van der Waals surface area contributed by atoms with Crippen LogP contribution >= 0.6 is 0 Å². The summed E-state index contributed by atoms with van der Waals surface area (Å²) in [5, 5.41) is 126. The number of rotatable bonds is 0. The minimum Gasteiger partial charge on any atom is -0.907 e. The number of hydrogen-bond donors (Lipinski definition) is 0. The summed E-state index contributed by atoms with van der Waals surface area (Å²) in [7, 11) is -14.6. The first-order valence-electron chi connectivity index (χ1n) is 3.54. The summed E-state index contributed by atoms with van der Waals surface area (Å²) in [5.74, 6) is 0. The minimum atomic E-state index is -2.92. The topological polar surface area (TPSA) is 661 Å². The van der Waals surface area contributed by atoms with Gasteiger partial charge in [-0.05, 0) is 0 Å². The summed E-state index contributed by atoms with van der Waals surface area (Å²) < 4.78 is 0. The molecule has 45 heteroatoms. The first kappa shape index (κ1) is 235. The van der Waals surface area contributed by atoms with Gasteiger partial charge in [-0.25, -0.2) is 0 Å². The van der Waals surface area contributed by atoms with Crippen LogP contribution in [-0.4, -0.2) is 91.4 Å². The largest absolute Gasteiger partial charge is 1.00 e. The van der Waals surface area contributed by atoms with E-state index < -0.39 is 36.6 Å². The maximum atomic E-state index is 8.42. The molecular weight excluding hydrogens is 799 g/mol. The van der Waals surface area contributed by atoms with Crippen molar-refractivity contribution in [1.82, 2.24) is 0 Å². The second-order valence-corrected chi connectivity index (χ2v) is 1.44. The predicted octanol–water partition coefficient (Wildman–Crippen LogP) is -72.9. The third-order valence-electron chi connectivity index (χ3n) is 0. The average molecular weight is 819 g/mol. The molecule has 0 atom stereocenters. The van der Waals surface area contributed by atoms with E-state index in [2.05, 4.69) is 0 Å². The SMILES string of the molecule is O.O.O.O.O.O.O.O.O.O.[Na+].[Na+].[Na+].[Na+].[Na+].[Na+].[Na+].[Na+].[Na+].[Na+].[Na+].[Na+].[Na+].[Na+].[Na+].[O-]B([O-])[O-].[O-]B([O-])[O-].[O-]B([O-])[O-].[O-]B([O-])[O-].[O-]B([O-])[O-]. The van der Waals surface area contributed by atoms with Crippen LogP contribution in [0.4, 0.5) is 0 Å². The summed E-state index contributed by atoms with van der Waals surface area (Å²) in [4.78, 5) is 0. The van der Waals surface area contributed by atoms with Crippen molar-refractivity contribution < 1.29 is 573 Å². The molecule has 0 rings (SSSR count). The van der Waals surface area contributed by atoms with Crippen LogP contribution in [0.5, 0.6) is 0 Å². The van der Waals surface area contributed by atoms with Gasteiger partial charge in [-0.2, -0.15) is 0 Å². The molecule has 0 amide bonds. The molecule has 0 unspecified atom stereocenters. The van der Waals surface area contributed by atoms with Gasteiger partial charge in [0.25, 0.3) is 0 Å². The normalized spacial score (nSPS) is 3.00. The smallest absolute Gasteiger partial charge is 0.907 e. The molecule has 0 fully saturated rings. The summed E-state index contributed by atoms with van der Waals surface area (Å²) in [6.45, 7) is 0. The van der Waals surface area contributed by atoms with Crippen LogP contribution in [0, 0.1) is 0 Å². The van der Waals surface area contributed by atoms with Crippen molar-refractivity contribution in [1.29, 1.82) is 0 Å². The Morgan fingerprint density at radius 3 is 0.133 bits per heavy atom. The Balaban J connectivity index is -0.00000000196. The van der Waals surface area contributed by atoms with Gasteiger partial charge >= 0.3 is 443 Å². The quantitative estimate of drug-likeness (QED) is 0.205. The Bertz CT molecular complexity index is 119. The zero-order valence-electron chi connectivity index (χ0n) is 29.0. The predicted molar refractivity (Wildman–Crippen MR) is 64.9 cm³/mol. The molecule has 0 spiro atoms. The van der Waals surface area contributed by atoms with Gasteiger partial charge in [-0.1, -0.05) is 0 Å². The molecule has 45 heavy (non-hydrogen) atoms. The zero-order valence-corrected chi connectivity index (χ0v) is 59.0. The summed E-state index contributed by atoms with van der Waals surface area (Å²) in [5.41, 5.74) is 0. The second-order valence-electron chi connectivity index (χ2n) is 1.44. The Kier molecular flexibility index (Phi) is 1160. The van der Waals surface area contributed by atoms with E-state index in [9.17, 15) is 0 Å². The molecule has 0 aromatic carbocycles. The molecule has 0 radical (unpaired) electrons. The van der Waals surface area contributed by atoms with Crippen molar-refractivity contribution in [3.05, 3.63) is 0 Å². The third kappa shape index (κ3) is 902. The fraction of sp³-hybridized carbons (Fsp3) is 0. The van der Waals surface area contributed by atoms with Gasteiger partial charge < -0.3 is 130 Å². The zero-order chi connectivity index (χ0) is 17.9. The Labute approximate surface area is 594 Å². The first-order valence-corrected chi connectivity index (χ1v) is 3.54. The molecule has 0 aromatic rings. The molecule has 0 saturated heterocycles. The fourth-order valence-corrected chi connectivity index (χ4v) is 0. The molecule has 0 heterocycles. The van der Waals surface area contributed by atoms with Crippen LogP contribution in [0.25, 0.3) is 0 Å². The van der Waals surface area contributed by atoms with E-state index >= 15 is 0 Å². The van der Waals surface area contributed by atoms with E-state index in [1.165, 1.54) is 0 Å². The molecule has 0 aromatic heterocycles. The maximum absolute atomic E-state index is 8.42. The van der Waals surface area contributed by atoms with Gasteiger partial charge in [-0.3, -0.25) is 36.6 Å². The third-order valence-corrected chi connectivity index (χ3v) is 0. The molecule has 0 saturated carbocycles. The summed E-state index contributed by atoms with van der Waals surface area (Å²) in [6, 6.07) is 0. The van der Waals surface area contributed by atoms with Crippen LogP contribution in [0.15, 0.2) is 0 Å². The Hall–Kier alpha value is 14.3. The molecule has 0 aliphatic heterocycles. The minimum absolute atomic E-state index is 0. The molecular formula is H20B5Na15O25. The molecule has 0 aliphatic rings. The van der Waals surface area contributed by atoms with Crippen LogP contribution in [0.2, 0.25) is 0 Å². The van der Waals surface area contributed by atoms with Crippen LogP contribution in [0.3, 0.4) is 0 Å². The van der Waals surface area contributed by atoms with Crippen LogP contribution < -0.4 is 519 Å². The van der Waals surface area contributed by atoms with E-state index in [-0.39, 0.29) is 498 Å². The van der Waals surface area contributed by atoms with Gasteiger partial charge in [0.2, 0.25) is 0 Å². The number of hydrogen-bond acceptors (Lipinski definition) is 15. The second kappa shape index (κ2) is 223. The average Bonchev–Trinajstić information content (AvgIpc) is 1.94. The monoisotopic (exact) mass is 820 g/mol. The van der Waals surface area contributed by atoms with Crippen molar-refractivity contribution >= 4 is 36.6 Å². The molecule has 200 valence electrons. The molecule has 0 bridgehead atoms.